The number of hydrogen-bond donors (Lipinski definition) is 2. The standard InChI is InChI=1S/C13H10BrClN2O2/c14-11-6-9(7-16-13(11)15)17-12(19)5-8-1-3-10(18)4-2-8/h1-4,6-7,18H,5H2,(H,17,19). The van der Waals surface area contributed by atoms with Crippen molar-refractivity contribution in [2.75, 3.05) is 5.32 Å². The zero-order valence-corrected chi connectivity index (χ0v) is 12.1. The number of nitrogens with zero attached hydrogens (tertiary/aromatic N) is 1. The number of benzene rings is 1. The van der Waals surface area contributed by atoms with Gasteiger partial charge in [-0.3, -0.25) is 4.79 Å². The molecule has 0 radical (unpaired) electrons. The minimum Gasteiger partial charge on any atom is -0.508 e. The predicted octanol–water partition coefficient (Wildman–Crippen LogP) is 3.38. The van der Waals surface area contributed by atoms with Gasteiger partial charge in [0.15, 0.2) is 0 Å². The molecule has 0 saturated heterocycles. The number of hydrogen-bond acceptors (Lipinski definition) is 3. The second-order valence-corrected chi connectivity index (χ2v) is 5.10. The van der Waals surface area contributed by atoms with Crippen LogP contribution in [0.1, 0.15) is 5.56 Å². The summed E-state index contributed by atoms with van der Waals surface area (Å²) < 4.78 is 0.622. The van der Waals surface area contributed by atoms with Gasteiger partial charge in [0.05, 0.1) is 22.8 Å². The van der Waals surface area contributed by atoms with Crippen LogP contribution >= 0.6 is 27.5 Å². The number of pyridine rings is 1. The first-order valence-electron chi connectivity index (χ1n) is 5.43. The van der Waals surface area contributed by atoms with Gasteiger partial charge in [0.2, 0.25) is 5.91 Å². The summed E-state index contributed by atoms with van der Waals surface area (Å²) in [5.74, 6) is 0.0108. The smallest absolute Gasteiger partial charge is 0.228 e. The second kappa shape index (κ2) is 6.04. The van der Waals surface area contributed by atoms with E-state index in [4.69, 9.17) is 16.7 Å². The lowest BCUT2D eigenvalue weighted by molar-refractivity contribution is -0.115. The summed E-state index contributed by atoms with van der Waals surface area (Å²) in [5, 5.41) is 12.2. The van der Waals surface area contributed by atoms with Crippen LogP contribution in [0.3, 0.4) is 0 Å². The highest BCUT2D eigenvalue weighted by atomic mass is 79.9. The molecule has 6 heteroatoms. The molecule has 1 amide bonds. The fraction of sp³-hybridized carbons (Fsp3) is 0.0769. The molecule has 2 N–H and O–H groups in total. The molecule has 0 atom stereocenters. The van der Waals surface area contributed by atoms with E-state index in [1.807, 2.05) is 0 Å². The lowest BCUT2D eigenvalue weighted by Crippen LogP contribution is -2.14. The van der Waals surface area contributed by atoms with Gasteiger partial charge >= 0.3 is 0 Å². The summed E-state index contributed by atoms with van der Waals surface area (Å²) >= 11 is 9.00. The van der Waals surface area contributed by atoms with Crippen molar-refractivity contribution in [1.82, 2.24) is 4.98 Å². The van der Waals surface area contributed by atoms with Crippen LogP contribution < -0.4 is 5.32 Å². The highest BCUT2D eigenvalue weighted by Crippen LogP contribution is 2.23. The maximum atomic E-state index is 11.8. The SMILES string of the molecule is O=C(Cc1ccc(O)cc1)Nc1cnc(Cl)c(Br)c1. The predicted molar refractivity (Wildman–Crippen MR) is 77.4 cm³/mol. The third-order valence-corrected chi connectivity index (χ3v) is 3.52. The van der Waals surface area contributed by atoms with Crippen LogP contribution in [0.4, 0.5) is 5.69 Å². The summed E-state index contributed by atoms with van der Waals surface area (Å²) in [6.45, 7) is 0. The molecule has 98 valence electrons. The van der Waals surface area contributed by atoms with Crippen LogP contribution in [0.15, 0.2) is 41.0 Å². The summed E-state index contributed by atoms with van der Waals surface area (Å²) in [6.07, 6.45) is 1.71. The van der Waals surface area contributed by atoms with Crippen molar-refractivity contribution in [1.29, 1.82) is 0 Å². The molecule has 0 spiro atoms. The van der Waals surface area contributed by atoms with E-state index >= 15 is 0 Å². The highest BCUT2D eigenvalue weighted by Gasteiger charge is 2.06. The number of phenols is 1. The van der Waals surface area contributed by atoms with E-state index in [9.17, 15) is 4.79 Å². The topological polar surface area (TPSA) is 62.2 Å². The van der Waals surface area contributed by atoms with Gasteiger partial charge in [0.1, 0.15) is 10.9 Å². The van der Waals surface area contributed by atoms with E-state index in [2.05, 4.69) is 26.2 Å². The molecular weight excluding hydrogens is 332 g/mol. The fourth-order valence-corrected chi connectivity index (χ4v) is 1.95. The summed E-state index contributed by atoms with van der Waals surface area (Å²) in [4.78, 5) is 15.7. The van der Waals surface area contributed by atoms with E-state index in [-0.39, 0.29) is 18.1 Å². The van der Waals surface area contributed by atoms with Gasteiger partial charge in [-0.05, 0) is 39.7 Å². The maximum absolute atomic E-state index is 11.8. The van der Waals surface area contributed by atoms with Gasteiger partial charge in [-0.15, -0.1) is 0 Å². The molecule has 0 aliphatic rings. The number of phenolic OH excluding ortho intramolecular Hbond substituents is 1. The van der Waals surface area contributed by atoms with Gasteiger partial charge in [-0.2, -0.15) is 0 Å². The maximum Gasteiger partial charge on any atom is 0.228 e. The quantitative estimate of drug-likeness (QED) is 0.841. The van der Waals surface area contributed by atoms with Crippen LogP contribution in [0.2, 0.25) is 5.15 Å². The Kier molecular flexibility index (Phi) is 4.39. The molecule has 0 aliphatic heterocycles. The number of halogens is 2. The molecule has 0 fully saturated rings. The van der Waals surface area contributed by atoms with Crippen LogP contribution in [0.5, 0.6) is 5.75 Å². The number of aromatic nitrogens is 1. The number of carbonyl (C=O) groups excluding carboxylic acids is 1. The van der Waals surface area contributed by atoms with Gasteiger partial charge in [0, 0.05) is 0 Å². The first-order valence-corrected chi connectivity index (χ1v) is 6.60. The summed E-state index contributed by atoms with van der Waals surface area (Å²) in [7, 11) is 0. The van der Waals surface area contributed by atoms with E-state index in [1.54, 1.807) is 30.3 Å². The van der Waals surface area contributed by atoms with Crippen LogP contribution in [0, 0.1) is 0 Å². The molecule has 0 saturated carbocycles. The van der Waals surface area contributed by atoms with Crippen molar-refractivity contribution < 1.29 is 9.90 Å². The monoisotopic (exact) mass is 340 g/mol. The Bertz CT molecular complexity index is 602. The first-order chi connectivity index (χ1) is 9.04. The Morgan fingerprint density at radius 3 is 2.68 bits per heavy atom. The molecule has 0 unspecified atom stereocenters. The van der Waals surface area contributed by atoms with Crippen molar-refractivity contribution in [2.45, 2.75) is 6.42 Å². The fourth-order valence-electron chi connectivity index (χ4n) is 1.49. The van der Waals surface area contributed by atoms with E-state index in [0.717, 1.165) is 5.56 Å². The van der Waals surface area contributed by atoms with E-state index < -0.39 is 0 Å². The molecule has 2 aromatic rings. The van der Waals surface area contributed by atoms with Crippen molar-refractivity contribution >= 4 is 39.1 Å². The summed E-state index contributed by atoms with van der Waals surface area (Å²) in [6, 6.07) is 8.17. The average Bonchev–Trinajstić information content (AvgIpc) is 2.37. The molecule has 0 aliphatic carbocycles. The average molecular weight is 342 g/mol. The molecule has 4 nitrogen and oxygen atoms in total. The number of carbonyl (C=O) groups is 1. The molecule has 19 heavy (non-hydrogen) atoms. The van der Waals surface area contributed by atoms with Crippen LogP contribution in [-0.4, -0.2) is 16.0 Å². The largest absolute Gasteiger partial charge is 0.508 e. The lowest BCUT2D eigenvalue weighted by Gasteiger charge is -2.06. The van der Waals surface area contributed by atoms with Gasteiger partial charge < -0.3 is 10.4 Å². The number of aromatic hydroxyl groups is 1. The normalized spacial score (nSPS) is 10.2. The van der Waals surface area contributed by atoms with E-state index in [1.165, 1.54) is 6.20 Å². The van der Waals surface area contributed by atoms with Crippen molar-refractivity contribution in [3.05, 3.63) is 51.7 Å². The molecule has 2 rings (SSSR count). The summed E-state index contributed by atoms with van der Waals surface area (Å²) in [5.41, 5.74) is 1.39. The van der Waals surface area contributed by atoms with Gasteiger partial charge in [0.25, 0.3) is 0 Å². The lowest BCUT2D eigenvalue weighted by atomic mass is 10.1. The third kappa shape index (κ3) is 3.94. The zero-order valence-electron chi connectivity index (χ0n) is 9.73. The minimum absolute atomic E-state index is 0.165. The first kappa shape index (κ1) is 13.8. The molecular formula is C13H10BrClN2O2. The molecule has 1 heterocycles. The number of nitrogens with one attached hydrogen (secondary N) is 1. The van der Waals surface area contributed by atoms with Crippen molar-refractivity contribution in [3.8, 4) is 5.75 Å². The molecule has 1 aromatic heterocycles. The number of rotatable bonds is 3. The number of amides is 1. The Morgan fingerprint density at radius 2 is 2.05 bits per heavy atom. The van der Waals surface area contributed by atoms with Crippen molar-refractivity contribution in [3.63, 3.8) is 0 Å². The van der Waals surface area contributed by atoms with Gasteiger partial charge in [-0.1, -0.05) is 23.7 Å². The molecule has 1 aromatic carbocycles. The van der Waals surface area contributed by atoms with Crippen LogP contribution in [-0.2, 0) is 11.2 Å². The van der Waals surface area contributed by atoms with Crippen molar-refractivity contribution in [2.24, 2.45) is 0 Å². The van der Waals surface area contributed by atoms with Crippen LogP contribution in [0.25, 0.3) is 0 Å². The Balaban J connectivity index is 2.01. The number of anilines is 1. The second-order valence-electron chi connectivity index (χ2n) is 3.89. The third-order valence-electron chi connectivity index (χ3n) is 2.38. The highest BCUT2D eigenvalue weighted by molar-refractivity contribution is 9.10. The van der Waals surface area contributed by atoms with Gasteiger partial charge in [-0.25, -0.2) is 4.98 Å². The zero-order chi connectivity index (χ0) is 13.8. The van der Waals surface area contributed by atoms with E-state index in [0.29, 0.717) is 15.3 Å². The Labute approximate surface area is 123 Å². The molecule has 0 bridgehead atoms. The Morgan fingerprint density at radius 1 is 1.37 bits per heavy atom. The Hall–Kier alpha value is -1.59. The minimum atomic E-state index is -0.165.